The smallest absolute Gasteiger partial charge is 0.255 e. The van der Waals surface area contributed by atoms with Crippen molar-refractivity contribution in [3.63, 3.8) is 0 Å². The largest absolute Gasteiger partial charge is 0.321 e. The minimum absolute atomic E-state index is 0.00452. The van der Waals surface area contributed by atoms with Crippen LogP contribution in [0.1, 0.15) is 35.3 Å². The van der Waals surface area contributed by atoms with Gasteiger partial charge in [-0.15, -0.1) is 0 Å². The van der Waals surface area contributed by atoms with Crippen LogP contribution in [0.3, 0.4) is 0 Å². The molecule has 3 rings (SSSR count). The molecule has 5 heteroatoms. The molecular weight excluding hydrogens is 302 g/mol. The first-order valence-electron chi connectivity index (χ1n) is 7.59. The standard InChI is InChI=1S/C19H17N3O2/c1-19(2)14-10-12(8-9-16(14)22(3)18(19)24)17(23)21-15-7-5-4-6-13(15)11-20/h4-10H,1-3H3,(H,21,23). The van der Waals surface area contributed by atoms with Crippen LogP contribution in [0.4, 0.5) is 11.4 Å². The van der Waals surface area contributed by atoms with Crippen molar-refractivity contribution >= 4 is 23.2 Å². The van der Waals surface area contributed by atoms with Crippen LogP contribution in [0.2, 0.25) is 0 Å². The van der Waals surface area contributed by atoms with E-state index in [4.69, 9.17) is 5.26 Å². The Morgan fingerprint density at radius 3 is 2.62 bits per heavy atom. The van der Waals surface area contributed by atoms with E-state index in [0.29, 0.717) is 16.8 Å². The summed E-state index contributed by atoms with van der Waals surface area (Å²) in [4.78, 5) is 26.5. The van der Waals surface area contributed by atoms with Gasteiger partial charge in [-0.25, -0.2) is 0 Å². The van der Waals surface area contributed by atoms with Crippen molar-refractivity contribution in [3.05, 3.63) is 59.2 Å². The Morgan fingerprint density at radius 1 is 1.21 bits per heavy atom. The number of nitriles is 1. The average molecular weight is 319 g/mol. The van der Waals surface area contributed by atoms with E-state index in [9.17, 15) is 9.59 Å². The van der Waals surface area contributed by atoms with Crippen molar-refractivity contribution in [1.82, 2.24) is 0 Å². The molecule has 0 aliphatic carbocycles. The van der Waals surface area contributed by atoms with E-state index in [1.165, 1.54) is 0 Å². The number of anilines is 2. The fraction of sp³-hybridized carbons (Fsp3) is 0.211. The Morgan fingerprint density at radius 2 is 1.92 bits per heavy atom. The van der Waals surface area contributed by atoms with Crippen LogP contribution in [-0.2, 0) is 10.2 Å². The Kier molecular flexibility index (Phi) is 3.61. The number of carbonyl (C=O) groups excluding carboxylic acids is 2. The third kappa shape index (κ3) is 2.33. The maximum Gasteiger partial charge on any atom is 0.255 e. The second-order valence-electron chi connectivity index (χ2n) is 6.33. The zero-order valence-corrected chi connectivity index (χ0v) is 13.8. The Labute approximate surface area is 140 Å². The topological polar surface area (TPSA) is 73.2 Å². The van der Waals surface area contributed by atoms with Gasteiger partial charge in [0, 0.05) is 18.3 Å². The summed E-state index contributed by atoms with van der Waals surface area (Å²) in [6, 6.07) is 14.1. The van der Waals surface area contributed by atoms with Gasteiger partial charge in [-0.05, 0) is 49.7 Å². The third-order valence-electron chi connectivity index (χ3n) is 4.43. The first-order valence-corrected chi connectivity index (χ1v) is 7.59. The molecule has 1 heterocycles. The van der Waals surface area contributed by atoms with Gasteiger partial charge in [0.25, 0.3) is 5.91 Å². The third-order valence-corrected chi connectivity index (χ3v) is 4.43. The number of rotatable bonds is 2. The van der Waals surface area contributed by atoms with Crippen LogP contribution in [0.5, 0.6) is 0 Å². The Hall–Kier alpha value is -3.13. The lowest BCUT2D eigenvalue weighted by Crippen LogP contribution is -2.33. The van der Waals surface area contributed by atoms with Crippen LogP contribution >= 0.6 is 0 Å². The first kappa shape index (κ1) is 15.8. The van der Waals surface area contributed by atoms with Crippen LogP contribution in [0.15, 0.2) is 42.5 Å². The molecule has 24 heavy (non-hydrogen) atoms. The summed E-state index contributed by atoms with van der Waals surface area (Å²) < 4.78 is 0. The molecule has 1 aliphatic rings. The SMILES string of the molecule is CN1C(=O)C(C)(C)c2cc(C(=O)Nc3ccccc3C#N)ccc21. The van der Waals surface area contributed by atoms with E-state index in [0.717, 1.165) is 11.3 Å². The lowest BCUT2D eigenvalue weighted by molar-refractivity contribution is -0.121. The van der Waals surface area contributed by atoms with Crippen LogP contribution in [0, 0.1) is 11.3 Å². The quantitative estimate of drug-likeness (QED) is 0.924. The molecule has 1 N–H and O–H groups in total. The molecule has 0 bridgehead atoms. The van der Waals surface area contributed by atoms with Gasteiger partial charge in [-0.1, -0.05) is 12.1 Å². The highest BCUT2D eigenvalue weighted by atomic mass is 16.2. The van der Waals surface area contributed by atoms with Crippen molar-refractivity contribution in [2.75, 3.05) is 17.3 Å². The highest BCUT2D eigenvalue weighted by molar-refractivity contribution is 6.10. The zero-order valence-electron chi connectivity index (χ0n) is 13.8. The van der Waals surface area contributed by atoms with Crippen molar-refractivity contribution in [2.24, 2.45) is 0 Å². The second-order valence-corrected chi connectivity index (χ2v) is 6.33. The van der Waals surface area contributed by atoms with Crippen molar-refractivity contribution in [3.8, 4) is 6.07 Å². The summed E-state index contributed by atoms with van der Waals surface area (Å²) in [5.41, 5.74) is 2.32. The van der Waals surface area contributed by atoms with Gasteiger partial charge in [-0.2, -0.15) is 5.26 Å². The van der Waals surface area contributed by atoms with Crippen LogP contribution in [-0.4, -0.2) is 18.9 Å². The highest BCUT2D eigenvalue weighted by Gasteiger charge is 2.42. The molecule has 0 fully saturated rings. The lowest BCUT2D eigenvalue weighted by Gasteiger charge is -2.16. The van der Waals surface area contributed by atoms with E-state index in [-0.39, 0.29) is 11.8 Å². The molecule has 120 valence electrons. The van der Waals surface area contributed by atoms with Gasteiger partial charge in [0.2, 0.25) is 5.91 Å². The average Bonchev–Trinajstić information content (AvgIpc) is 2.76. The molecular formula is C19H17N3O2. The van der Waals surface area contributed by atoms with Crippen molar-refractivity contribution in [2.45, 2.75) is 19.3 Å². The maximum atomic E-state index is 12.5. The predicted octanol–water partition coefficient (Wildman–Crippen LogP) is 3.06. The summed E-state index contributed by atoms with van der Waals surface area (Å²) in [5, 5.41) is 11.9. The zero-order chi connectivity index (χ0) is 17.5. The Balaban J connectivity index is 1.95. The number of hydrogen-bond acceptors (Lipinski definition) is 3. The number of likely N-dealkylation sites (N-methyl/N-ethyl adjacent to an activating group) is 1. The number of nitrogens with zero attached hydrogens (tertiary/aromatic N) is 2. The first-order chi connectivity index (χ1) is 11.4. The fourth-order valence-corrected chi connectivity index (χ4v) is 3.00. The summed E-state index contributed by atoms with van der Waals surface area (Å²) in [5.74, 6) is -0.303. The molecule has 2 amide bonds. The number of benzene rings is 2. The molecule has 2 aromatic rings. The second kappa shape index (κ2) is 5.50. The lowest BCUT2D eigenvalue weighted by atomic mass is 9.85. The summed E-state index contributed by atoms with van der Waals surface area (Å²) in [6.07, 6.45) is 0. The minimum Gasteiger partial charge on any atom is -0.321 e. The molecule has 1 aliphatic heterocycles. The monoisotopic (exact) mass is 319 g/mol. The normalized spacial score (nSPS) is 14.9. The molecule has 0 saturated carbocycles. The number of fused-ring (bicyclic) bond motifs is 1. The summed E-state index contributed by atoms with van der Waals surface area (Å²) in [7, 11) is 1.73. The minimum atomic E-state index is -0.662. The fourth-order valence-electron chi connectivity index (χ4n) is 3.00. The molecule has 0 spiro atoms. The van der Waals surface area contributed by atoms with E-state index < -0.39 is 5.41 Å². The summed E-state index contributed by atoms with van der Waals surface area (Å²) in [6.45, 7) is 3.70. The van der Waals surface area contributed by atoms with Gasteiger partial charge < -0.3 is 10.2 Å². The molecule has 0 unspecified atom stereocenters. The van der Waals surface area contributed by atoms with Crippen LogP contribution < -0.4 is 10.2 Å². The van der Waals surface area contributed by atoms with E-state index >= 15 is 0 Å². The number of para-hydroxylation sites is 1. The van der Waals surface area contributed by atoms with E-state index in [1.54, 1.807) is 54.4 Å². The van der Waals surface area contributed by atoms with Gasteiger partial charge in [0.1, 0.15) is 6.07 Å². The Bertz CT molecular complexity index is 894. The van der Waals surface area contributed by atoms with Crippen molar-refractivity contribution in [1.29, 1.82) is 5.26 Å². The number of amides is 2. The predicted molar refractivity (Wildman–Crippen MR) is 92.0 cm³/mol. The van der Waals surface area contributed by atoms with E-state index in [2.05, 4.69) is 11.4 Å². The maximum absolute atomic E-state index is 12.5. The summed E-state index contributed by atoms with van der Waals surface area (Å²) >= 11 is 0. The van der Waals surface area contributed by atoms with Crippen LogP contribution in [0.25, 0.3) is 0 Å². The molecule has 0 saturated heterocycles. The van der Waals surface area contributed by atoms with Gasteiger partial charge >= 0.3 is 0 Å². The van der Waals surface area contributed by atoms with Crippen molar-refractivity contribution < 1.29 is 9.59 Å². The molecule has 2 aromatic carbocycles. The van der Waals surface area contributed by atoms with Gasteiger partial charge in [-0.3, -0.25) is 9.59 Å². The molecule has 0 aromatic heterocycles. The number of hydrogen-bond donors (Lipinski definition) is 1. The van der Waals surface area contributed by atoms with Gasteiger partial charge in [0.05, 0.1) is 16.7 Å². The molecule has 0 radical (unpaired) electrons. The highest BCUT2D eigenvalue weighted by Crippen LogP contribution is 2.41. The van der Waals surface area contributed by atoms with Gasteiger partial charge in [0.15, 0.2) is 0 Å². The molecule has 5 nitrogen and oxygen atoms in total. The number of nitrogens with one attached hydrogen (secondary N) is 1. The molecule has 0 atom stereocenters. The van der Waals surface area contributed by atoms with E-state index in [1.807, 2.05) is 13.8 Å². The number of carbonyl (C=O) groups is 2.